The molecule has 1 amide bonds. The maximum atomic E-state index is 14.0. The largest absolute Gasteiger partial charge is 0.494 e. The fourth-order valence-corrected chi connectivity index (χ4v) is 2.81. The Morgan fingerprint density at radius 3 is 2.61 bits per heavy atom. The highest BCUT2D eigenvalue weighted by molar-refractivity contribution is 5.90. The average molecular weight is 384 g/mol. The number of halogens is 1. The van der Waals surface area contributed by atoms with Crippen LogP contribution in [0.2, 0.25) is 0 Å². The lowest BCUT2D eigenvalue weighted by Gasteiger charge is -2.17. The standard InChI is InChI=1S/C20H21FN4O3/c1-11(13-4-6-14(7-5-13)28-10-19(22)26)23-20-15-8-18(27-3)16(21)9-17(15)24-12(2)25-20/h4-9,11H,10H2,1-3H3,(H2,22,26)(H,23,24,25). The molecule has 7 nitrogen and oxygen atoms in total. The van der Waals surface area contributed by atoms with Crippen LogP contribution in [0.15, 0.2) is 36.4 Å². The minimum Gasteiger partial charge on any atom is -0.494 e. The van der Waals surface area contributed by atoms with Gasteiger partial charge in [-0.2, -0.15) is 0 Å². The normalized spacial score (nSPS) is 11.9. The molecule has 2 aromatic carbocycles. The van der Waals surface area contributed by atoms with Gasteiger partial charge in [-0.25, -0.2) is 14.4 Å². The molecule has 1 aromatic heterocycles. The van der Waals surface area contributed by atoms with Crippen molar-refractivity contribution >= 4 is 22.6 Å². The molecular weight excluding hydrogens is 363 g/mol. The Morgan fingerprint density at radius 1 is 1.25 bits per heavy atom. The number of anilines is 1. The lowest BCUT2D eigenvalue weighted by atomic mass is 10.1. The van der Waals surface area contributed by atoms with Gasteiger partial charge in [0.1, 0.15) is 17.4 Å². The van der Waals surface area contributed by atoms with E-state index >= 15 is 0 Å². The maximum Gasteiger partial charge on any atom is 0.255 e. The number of amides is 1. The second kappa shape index (κ2) is 8.08. The third kappa shape index (κ3) is 4.28. The van der Waals surface area contributed by atoms with E-state index in [1.165, 1.54) is 13.2 Å². The van der Waals surface area contributed by atoms with Gasteiger partial charge in [0.25, 0.3) is 5.91 Å². The Balaban J connectivity index is 1.86. The number of hydrogen-bond donors (Lipinski definition) is 2. The molecule has 1 atom stereocenters. The summed E-state index contributed by atoms with van der Waals surface area (Å²) in [6.45, 7) is 3.56. The molecule has 3 rings (SSSR count). The van der Waals surface area contributed by atoms with Crippen LogP contribution < -0.4 is 20.5 Å². The maximum absolute atomic E-state index is 14.0. The number of fused-ring (bicyclic) bond motifs is 1. The molecule has 0 bridgehead atoms. The summed E-state index contributed by atoms with van der Waals surface area (Å²) < 4.78 is 24.4. The van der Waals surface area contributed by atoms with Crippen molar-refractivity contribution in [3.05, 3.63) is 53.6 Å². The van der Waals surface area contributed by atoms with Gasteiger partial charge in [0.2, 0.25) is 0 Å². The molecule has 1 unspecified atom stereocenters. The smallest absolute Gasteiger partial charge is 0.255 e. The van der Waals surface area contributed by atoms with Gasteiger partial charge in [-0.15, -0.1) is 0 Å². The van der Waals surface area contributed by atoms with Crippen LogP contribution in [-0.4, -0.2) is 29.6 Å². The molecule has 0 spiro atoms. The van der Waals surface area contributed by atoms with E-state index in [1.54, 1.807) is 25.1 Å². The number of methoxy groups -OCH3 is 1. The summed E-state index contributed by atoms with van der Waals surface area (Å²) in [7, 11) is 1.41. The summed E-state index contributed by atoms with van der Waals surface area (Å²) in [6.07, 6.45) is 0. The van der Waals surface area contributed by atoms with Crippen molar-refractivity contribution in [2.24, 2.45) is 5.73 Å². The van der Waals surface area contributed by atoms with Gasteiger partial charge in [-0.3, -0.25) is 4.79 Å². The Bertz CT molecular complexity index is 1010. The van der Waals surface area contributed by atoms with E-state index in [1.807, 2.05) is 19.1 Å². The fraction of sp³-hybridized carbons (Fsp3) is 0.250. The quantitative estimate of drug-likeness (QED) is 0.649. The summed E-state index contributed by atoms with van der Waals surface area (Å²) in [5.74, 6) is 0.796. The van der Waals surface area contributed by atoms with Crippen LogP contribution in [0.3, 0.4) is 0 Å². The number of nitrogens with one attached hydrogen (secondary N) is 1. The van der Waals surface area contributed by atoms with Gasteiger partial charge in [0.15, 0.2) is 18.2 Å². The number of carbonyl (C=O) groups excluding carboxylic acids is 1. The summed E-state index contributed by atoms with van der Waals surface area (Å²) in [5, 5.41) is 4.00. The zero-order valence-electron chi connectivity index (χ0n) is 15.8. The van der Waals surface area contributed by atoms with Gasteiger partial charge in [0.05, 0.1) is 12.6 Å². The highest BCUT2D eigenvalue weighted by atomic mass is 19.1. The summed E-state index contributed by atoms with van der Waals surface area (Å²) >= 11 is 0. The van der Waals surface area contributed by atoms with Crippen LogP contribution in [0, 0.1) is 12.7 Å². The minimum atomic E-state index is -0.531. The molecule has 28 heavy (non-hydrogen) atoms. The predicted molar refractivity (Wildman–Crippen MR) is 104 cm³/mol. The van der Waals surface area contributed by atoms with E-state index in [2.05, 4.69) is 15.3 Å². The predicted octanol–water partition coefficient (Wildman–Crippen LogP) is 3.12. The minimum absolute atomic E-state index is 0.0984. The van der Waals surface area contributed by atoms with E-state index in [0.717, 1.165) is 5.56 Å². The first-order valence-corrected chi connectivity index (χ1v) is 8.67. The Labute approximate surface area is 161 Å². The molecule has 0 saturated carbocycles. The lowest BCUT2D eigenvalue weighted by Crippen LogP contribution is -2.20. The van der Waals surface area contributed by atoms with Gasteiger partial charge >= 0.3 is 0 Å². The van der Waals surface area contributed by atoms with E-state index in [-0.39, 0.29) is 18.4 Å². The number of rotatable bonds is 7. The van der Waals surface area contributed by atoms with E-state index < -0.39 is 11.7 Å². The third-order valence-corrected chi connectivity index (χ3v) is 4.20. The zero-order valence-corrected chi connectivity index (χ0v) is 15.8. The molecule has 0 saturated heterocycles. The molecule has 0 aliphatic heterocycles. The molecule has 3 N–H and O–H groups in total. The van der Waals surface area contributed by atoms with Crippen molar-refractivity contribution in [3.8, 4) is 11.5 Å². The van der Waals surface area contributed by atoms with Crippen LogP contribution in [0.4, 0.5) is 10.2 Å². The van der Waals surface area contributed by atoms with Gasteiger partial charge in [0, 0.05) is 17.5 Å². The van der Waals surface area contributed by atoms with Crippen molar-refractivity contribution in [3.63, 3.8) is 0 Å². The number of nitrogens with two attached hydrogens (primary N) is 1. The topological polar surface area (TPSA) is 99.4 Å². The molecule has 0 aliphatic rings. The van der Waals surface area contributed by atoms with Gasteiger partial charge in [-0.1, -0.05) is 12.1 Å². The van der Waals surface area contributed by atoms with Crippen LogP contribution in [0.25, 0.3) is 10.9 Å². The lowest BCUT2D eigenvalue weighted by molar-refractivity contribution is -0.119. The molecule has 3 aromatic rings. The van der Waals surface area contributed by atoms with Crippen LogP contribution in [0.1, 0.15) is 24.4 Å². The Hall–Kier alpha value is -3.42. The number of aromatic nitrogens is 2. The highest BCUT2D eigenvalue weighted by Crippen LogP contribution is 2.30. The van der Waals surface area contributed by atoms with Crippen LogP contribution in [-0.2, 0) is 4.79 Å². The monoisotopic (exact) mass is 384 g/mol. The number of carbonyl (C=O) groups is 1. The second-order valence-corrected chi connectivity index (χ2v) is 6.31. The SMILES string of the molecule is COc1cc2c(NC(C)c3ccc(OCC(N)=O)cc3)nc(C)nc2cc1F. The number of nitrogens with zero attached hydrogens (tertiary/aromatic N) is 2. The zero-order chi connectivity index (χ0) is 20.3. The summed E-state index contributed by atoms with van der Waals surface area (Å²) in [4.78, 5) is 19.6. The van der Waals surface area contributed by atoms with Gasteiger partial charge < -0.3 is 20.5 Å². The van der Waals surface area contributed by atoms with E-state index in [9.17, 15) is 9.18 Å². The fourth-order valence-electron chi connectivity index (χ4n) is 2.81. The molecule has 0 radical (unpaired) electrons. The molecule has 0 aliphatic carbocycles. The number of primary amides is 1. The van der Waals surface area contributed by atoms with Crippen molar-refractivity contribution < 1.29 is 18.7 Å². The first-order valence-electron chi connectivity index (χ1n) is 8.67. The summed E-state index contributed by atoms with van der Waals surface area (Å²) in [5.41, 5.74) is 6.55. The number of aryl methyl sites for hydroxylation is 1. The number of benzene rings is 2. The first kappa shape index (κ1) is 19.3. The third-order valence-electron chi connectivity index (χ3n) is 4.20. The second-order valence-electron chi connectivity index (χ2n) is 6.31. The van der Waals surface area contributed by atoms with Crippen molar-refractivity contribution in [1.82, 2.24) is 9.97 Å². The summed E-state index contributed by atoms with van der Waals surface area (Å²) in [6, 6.07) is 10.1. The molecule has 146 valence electrons. The van der Waals surface area contributed by atoms with Gasteiger partial charge in [-0.05, 0) is 37.6 Å². The van der Waals surface area contributed by atoms with Crippen molar-refractivity contribution in [2.75, 3.05) is 19.0 Å². The molecular formula is C20H21FN4O3. The highest BCUT2D eigenvalue weighted by Gasteiger charge is 2.14. The molecule has 1 heterocycles. The van der Waals surface area contributed by atoms with E-state index in [0.29, 0.717) is 28.3 Å². The van der Waals surface area contributed by atoms with Crippen LogP contribution >= 0.6 is 0 Å². The van der Waals surface area contributed by atoms with Crippen molar-refractivity contribution in [1.29, 1.82) is 0 Å². The number of hydrogen-bond acceptors (Lipinski definition) is 6. The Morgan fingerprint density at radius 2 is 1.96 bits per heavy atom. The van der Waals surface area contributed by atoms with Crippen molar-refractivity contribution in [2.45, 2.75) is 19.9 Å². The molecule has 8 heteroatoms. The van der Waals surface area contributed by atoms with E-state index in [4.69, 9.17) is 15.2 Å². The first-order chi connectivity index (χ1) is 13.4. The molecule has 0 fully saturated rings. The Kier molecular flexibility index (Phi) is 5.58. The van der Waals surface area contributed by atoms with Crippen LogP contribution in [0.5, 0.6) is 11.5 Å². The average Bonchev–Trinajstić information content (AvgIpc) is 2.66. The number of ether oxygens (including phenoxy) is 2.